The van der Waals surface area contributed by atoms with Crippen LogP contribution in [0.15, 0.2) is 42.5 Å². The molecule has 1 aliphatic rings. The summed E-state index contributed by atoms with van der Waals surface area (Å²) < 4.78 is 42.1. The molecule has 0 fully saturated rings. The number of alkyl halides is 3. The molecule has 2 aromatic carbocycles. The van der Waals surface area contributed by atoms with E-state index in [0.29, 0.717) is 11.3 Å². The molecule has 4 nitrogen and oxygen atoms in total. The summed E-state index contributed by atoms with van der Waals surface area (Å²) in [6.07, 6.45) is -3.86. The van der Waals surface area contributed by atoms with Crippen LogP contribution in [-0.4, -0.2) is 12.1 Å². The molecule has 9 heteroatoms. The smallest absolute Gasteiger partial charge is 0.326 e. The number of hydrogen-bond donors (Lipinski definition) is 2. The molecular formula is C19H15Cl2F3N2O2. The maximum atomic E-state index is 14.0. The lowest BCUT2D eigenvalue weighted by Crippen LogP contribution is -2.42. The topological polar surface area (TPSA) is 50.4 Å². The Morgan fingerprint density at radius 2 is 1.79 bits per heavy atom. The number of amides is 1. The van der Waals surface area contributed by atoms with Crippen molar-refractivity contribution in [1.29, 1.82) is 0 Å². The molecule has 1 amide bonds. The maximum absolute atomic E-state index is 14.0. The van der Waals surface area contributed by atoms with Gasteiger partial charge in [-0.1, -0.05) is 35.3 Å². The van der Waals surface area contributed by atoms with Crippen LogP contribution in [0.4, 0.5) is 18.9 Å². The first kappa shape index (κ1) is 20.5. The summed E-state index contributed by atoms with van der Waals surface area (Å²) >= 11 is 11.8. The second-order valence-corrected chi connectivity index (χ2v) is 7.24. The van der Waals surface area contributed by atoms with Crippen LogP contribution in [0.2, 0.25) is 10.0 Å². The predicted octanol–water partition coefficient (Wildman–Crippen LogP) is 5.59. The van der Waals surface area contributed by atoms with Crippen LogP contribution >= 0.6 is 23.2 Å². The van der Waals surface area contributed by atoms with Crippen LogP contribution in [-0.2, 0) is 15.2 Å². The van der Waals surface area contributed by atoms with Crippen LogP contribution in [0.1, 0.15) is 23.6 Å². The highest BCUT2D eigenvalue weighted by Crippen LogP contribution is 2.48. The number of hydroxylamine groups is 1. The molecule has 0 aliphatic carbocycles. The summed E-state index contributed by atoms with van der Waals surface area (Å²) in [4.78, 5) is 16.4. The van der Waals surface area contributed by atoms with Crippen molar-refractivity contribution in [3.8, 4) is 0 Å². The number of benzene rings is 2. The number of hydrogen-bond acceptors (Lipinski definition) is 3. The zero-order chi connectivity index (χ0) is 20.7. The molecule has 0 saturated carbocycles. The van der Waals surface area contributed by atoms with E-state index < -0.39 is 11.8 Å². The number of anilines is 1. The van der Waals surface area contributed by atoms with E-state index in [9.17, 15) is 18.0 Å². The third kappa shape index (κ3) is 3.83. The lowest BCUT2D eigenvalue weighted by molar-refractivity contribution is -0.269. The van der Waals surface area contributed by atoms with E-state index in [1.165, 1.54) is 13.0 Å². The number of halogens is 5. The molecule has 1 aliphatic heterocycles. The van der Waals surface area contributed by atoms with E-state index in [0.717, 1.165) is 23.8 Å². The highest BCUT2D eigenvalue weighted by molar-refractivity contribution is 6.34. The third-order valence-electron chi connectivity index (χ3n) is 4.24. The Morgan fingerprint density at radius 3 is 2.36 bits per heavy atom. The fourth-order valence-electron chi connectivity index (χ4n) is 2.87. The summed E-state index contributed by atoms with van der Waals surface area (Å²) in [5.74, 6) is -0.289. The van der Waals surface area contributed by atoms with Gasteiger partial charge < -0.3 is 5.32 Å². The van der Waals surface area contributed by atoms with Gasteiger partial charge in [-0.15, -0.1) is 0 Å². The van der Waals surface area contributed by atoms with Crippen LogP contribution < -0.4 is 10.8 Å². The van der Waals surface area contributed by atoms with Gasteiger partial charge in [0.25, 0.3) is 0 Å². The number of aryl methyl sites for hydroxylation is 1. The van der Waals surface area contributed by atoms with Gasteiger partial charge in [0.05, 0.1) is 5.70 Å². The summed E-state index contributed by atoms with van der Waals surface area (Å²) in [7, 11) is 0. The Balaban J connectivity index is 2.11. The minimum Gasteiger partial charge on any atom is -0.326 e. The highest BCUT2D eigenvalue weighted by atomic mass is 35.5. The predicted molar refractivity (Wildman–Crippen MR) is 102 cm³/mol. The van der Waals surface area contributed by atoms with Crippen LogP contribution in [0.25, 0.3) is 5.70 Å². The van der Waals surface area contributed by atoms with E-state index >= 15 is 0 Å². The van der Waals surface area contributed by atoms with Gasteiger partial charge in [-0.25, -0.2) is 0 Å². The molecule has 1 atom stereocenters. The number of rotatable bonds is 3. The molecule has 3 rings (SSSR count). The molecule has 28 heavy (non-hydrogen) atoms. The van der Waals surface area contributed by atoms with E-state index in [4.69, 9.17) is 28.0 Å². The molecular weight excluding hydrogens is 416 g/mol. The zero-order valence-corrected chi connectivity index (χ0v) is 16.3. The number of nitrogens with one attached hydrogen (secondary N) is 2. The van der Waals surface area contributed by atoms with Gasteiger partial charge >= 0.3 is 6.18 Å². The lowest BCUT2D eigenvalue weighted by Gasteiger charge is -2.28. The minimum absolute atomic E-state index is 0.0554. The summed E-state index contributed by atoms with van der Waals surface area (Å²) in [6.45, 7) is 3.12. The Kier molecular flexibility index (Phi) is 5.36. The largest absolute Gasteiger partial charge is 0.428 e. The Labute approximate surface area is 169 Å². The van der Waals surface area contributed by atoms with Crippen molar-refractivity contribution < 1.29 is 22.8 Å². The second kappa shape index (κ2) is 7.31. The van der Waals surface area contributed by atoms with Crippen LogP contribution in [0.5, 0.6) is 0 Å². The average molecular weight is 431 g/mol. The van der Waals surface area contributed by atoms with Crippen LogP contribution in [0, 0.1) is 6.92 Å². The number of carbonyl (C=O) groups excluding carboxylic acids is 1. The van der Waals surface area contributed by atoms with E-state index in [2.05, 4.69) is 10.8 Å². The van der Waals surface area contributed by atoms with E-state index in [1.807, 2.05) is 0 Å². The van der Waals surface area contributed by atoms with Gasteiger partial charge in [-0.3, -0.25) is 15.1 Å². The second-order valence-electron chi connectivity index (χ2n) is 6.36. The van der Waals surface area contributed by atoms with E-state index in [1.54, 1.807) is 25.1 Å². The number of carbonyl (C=O) groups is 1. The van der Waals surface area contributed by atoms with Gasteiger partial charge in [0.2, 0.25) is 11.5 Å². The van der Waals surface area contributed by atoms with Crippen molar-refractivity contribution in [3.05, 3.63) is 69.2 Å². The molecule has 0 aromatic heterocycles. The van der Waals surface area contributed by atoms with E-state index in [-0.39, 0.29) is 27.2 Å². The zero-order valence-electron chi connectivity index (χ0n) is 14.7. The molecule has 2 N–H and O–H groups in total. The third-order valence-corrected chi connectivity index (χ3v) is 4.68. The first-order valence-electron chi connectivity index (χ1n) is 8.10. The molecule has 1 unspecified atom stereocenters. The fraction of sp³-hybridized carbons (Fsp3) is 0.211. The van der Waals surface area contributed by atoms with Crippen molar-refractivity contribution in [2.24, 2.45) is 0 Å². The molecule has 0 bridgehead atoms. The minimum atomic E-state index is -4.79. The standard InChI is InChI=1S/C19H15Cl2F3N2O2/c1-10-3-4-12(5-16(10)25-11(2)27)17-9-18(28-26-17,19(22,23)24)13-6-14(20)8-15(21)7-13/h3-9,26H,1-2H3,(H,25,27). The SMILES string of the molecule is CC(=O)Nc1cc(C2=CC(c3cc(Cl)cc(Cl)c3)(C(F)(F)F)ON2)ccc1C. The Hall–Kier alpha value is -2.22. The normalized spacial score (nSPS) is 19.2. The highest BCUT2D eigenvalue weighted by Gasteiger charge is 2.59. The first-order valence-corrected chi connectivity index (χ1v) is 8.86. The molecule has 2 aromatic rings. The molecule has 0 radical (unpaired) electrons. The molecule has 0 spiro atoms. The van der Waals surface area contributed by atoms with Gasteiger partial charge in [0.1, 0.15) is 0 Å². The van der Waals surface area contributed by atoms with Gasteiger partial charge in [-0.2, -0.15) is 13.2 Å². The van der Waals surface area contributed by atoms with Crippen molar-refractivity contribution >= 4 is 40.5 Å². The van der Waals surface area contributed by atoms with Crippen molar-refractivity contribution in [1.82, 2.24) is 5.48 Å². The Morgan fingerprint density at radius 1 is 1.14 bits per heavy atom. The fourth-order valence-corrected chi connectivity index (χ4v) is 3.39. The van der Waals surface area contributed by atoms with Gasteiger partial charge in [0, 0.05) is 33.8 Å². The quantitative estimate of drug-likeness (QED) is 0.666. The molecule has 148 valence electrons. The van der Waals surface area contributed by atoms with Gasteiger partial charge in [0.15, 0.2) is 0 Å². The van der Waals surface area contributed by atoms with Crippen molar-refractivity contribution in [2.75, 3.05) is 5.32 Å². The first-order chi connectivity index (χ1) is 13.0. The van der Waals surface area contributed by atoms with Gasteiger partial charge in [-0.05, 0) is 42.8 Å². The summed E-state index contributed by atoms with van der Waals surface area (Å²) in [6, 6.07) is 8.52. The summed E-state index contributed by atoms with van der Waals surface area (Å²) in [5.41, 5.74) is 1.09. The summed E-state index contributed by atoms with van der Waals surface area (Å²) in [5, 5.41) is 2.75. The monoisotopic (exact) mass is 430 g/mol. The Bertz CT molecular complexity index is 956. The maximum Gasteiger partial charge on any atom is 0.428 e. The molecule has 0 saturated heterocycles. The average Bonchev–Trinajstić information content (AvgIpc) is 3.02. The lowest BCUT2D eigenvalue weighted by atomic mass is 9.91. The van der Waals surface area contributed by atoms with Crippen molar-refractivity contribution in [2.45, 2.75) is 25.6 Å². The molecule has 1 heterocycles. The van der Waals surface area contributed by atoms with Crippen LogP contribution in [0.3, 0.4) is 0 Å². The van der Waals surface area contributed by atoms with Crippen molar-refractivity contribution in [3.63, 3.8) is 0 Å².